The first-order chi connectivity index (χ1) is 10.4. The molecule has 1 aliphatic rings. The molecule has 1 fully saturated rings. The molecule has 0 unspecified atom stereocenters. The number of likely N-dealkylation sites (tertiary alicyclic amines) is 1. The summed E-state index contributed by atoms with van der Waals surface area (Å²) in [7, 11) is 0. The van der Waals surface area contributed by atoms with Crippen LogP contribution in [0.5, 0.6) is 0 Å². The molecule has 8 nitrogen and oxygen atoms in total. The van der Waals surface area contributed by atoms with Gasteiger partial charge in [0.1, 0.15) is 11.7 Å². The van der Waals surface area contributed by atoms with Crippen molar-refractivity contribution >= 4 is 34.9 Å². The third-order valence-corrected chi connectivity index (χ3v) is 3.66. The summed E-state index contributed by atoms with van der Waals surface area (Å²) in [5.74, 6) is -1.47. The smallest absolute Gasteiger partial charge is 0.320 e. The van der Waals surface area contributed by atoms with E-state index in [1.54, 1.807) is 4.90 Å². The maximum absolute atomic E-state index is 12.0. The molecule has 0 radical (unpaired) electrons. The average molecular weight is 328 g/mol. The number of anilines is 1. The standard InChI is InChI=1S/C13H14ClN3O5/c14-8-3-4-9(11(6-8)17(21)22)15-12(18)7-16-5-1-2-10(16)13(19)20/h3-4,6,10H,1-2,5,7H2,(H,15,18)(H,19,20)/t10-/m0/s1. The lowest BCUT2D eigenvalue weighted by Gasteiger charge is -2.20. The zero-order valence-corrected chi connectivity index (χ0v) is 12.2. The minimum absolute atomic E-state index is 0.0328. The van der Waals surface area contributed by atoms with Crippen molar-refractivity contribution in [1.29, 1.82) is 0 Å². The summed E-state index contributed by atoms with van der Waals surface area (Å²) in [5.41, 5.74) is -0.275. The zero-order chi connectivity index (χ0) is 16.3. The first-order valence-electron chi connectivity index (χ1n) is 6.59. The van der Waals surface area contributed by atoms with Crippen molar-refractivity contribution in [3.8, 4) is 0 Å². The Balaban J connectivity index is 2.06. The Morgan fingerprint density at radius 1 is 1.50 bits per heavy atom. The van der Waals surface area contributed by atoms with Crippen molar-refractivity contribution in [2.24, 2.45) is 0 Å². The fraction of sp³-hybridized carbons (Fsp3) is 0.385. The molecule has 1 saturated heterocycles. The van der Waals surface area contributed by atoms with Crippen LogP contribution in [-0.4, -0.2) is 45.9 Å². The lowest BCUT2D eigenvalue weighted by molar-refractivity contribution is -0.383. The highest BCUT2D eigenvalue weighted by Crippen LogP contribution is 2.28. The van der Waals surface area contributed by atoms with Gasteiger partial charge in [-0.25, -0.2) is 0 Å². The molecule has 0 aromatic heterocycles. The molecular formula is C13H14ClN3O5. The molecule has 9 heteroatoms. The number of nitro groups is 1. The van der Waals surface area contributed by atoms with E-state index in [2.05, 4.69) is 5.32 Å². The molecule has 0 spiro atoms. The van der Waals surface area contributed by atoms with Crippen molar-refractivity contribution in [3.05, 3.63) is 33.3 Å². The Kier molecular flexibility index (Phi) is 4.94. The quantitative estimate of drug-likeness (QED) is 0.629. The van der Waals surface area contributed by atoms with E-state index in [0.717, 1.165) is 6.07 Å². The van der Waals surface area contributed by atoms with Gasteiger partial charge in [-0.1, -0.05) is 11.6 Å². The zero-order valence-electron chi connectivity index (χ0n) is 11.5. The number of carbonyl (C=O) groups excluding carboxylic acids is 1. The second-order valence-corrected chi connectivity index (χ2v) is 5.37. The maximum atomic E-state index is 12.0. The van der Waals surface area contributed by atoms with Crippen LogP contribution in [0.4, 0.5) is 11.4 Å². The predicted octanol–water partition coefficient (Wildman–Crippen LogP) is 1.74. The van der Waals surface area contributed by atoms with Gasteiger partial charge < -0.3 is 10.4 Å². The summed E-state index contributed by atoms with van der Waals surface area (Å²) in [6, 6.07) is 3.23. The van der Waals surface area contributed by atoms with E-state index in [-0.39, 0.29) is 22.9 Å². The third-order valence-electron chi connectivity index (χ3n) is 3.43. The van der Waals surface area contributed by atoms with E-state index in [1.807, 2.05) is 0 Å². The van der Waals surface area contributed by atoms with Gasteiger partial charge in [-0.2, -0.15) is 0 Å². The van der Waals surface area contributed by atoms with E-state index in [9.17, 15) is 19.7 Å². The molecule has 1 aromatic rings. The predicted molar refractivity (Wildman–Crippen MR) is 79.0 cm³/mol. The Labute approximate surface area is 130 Å². The number of carboxylic acid groups (broad SMARTS) is 1. The first kappa shape index (κ1) is 16.2. The van der Waals surface area contributed by atoms with Crippen LogP contribution < -0.4 is 5.32 Å². The Hall–Kier alpha value is -2.19. The highest BCUT2D eigenvalue weighted by molar-refractivity contribution is 6.31. The van der Waals surface area contributed by atoms with Crippen LogP contribution in [0, 0.1) is 10.1 Å². The lowest BCUT2D eigenvalue weighted by Crippen LogP contribution is -2.40. The van der Waals surface area contributed by atoms with Crippen LogP contribution in [0.3, 0.4) is 0 Å². The first-order valence-corrected chi connectivity index (χ1v) is 6.97. The molecule has 1 heterocycles. The van der Waals surface area contributed by atoms with Crippen LogP contribution in [-0.2, 0) is 9.59 Å². The topological polar surface area (TPSA) is 113 Å². The van der Waals surface area contributed by atoms with E-state index in [1.165, 1.54) is 12.1 Å². The Morgan fingerprint density at radius 2 is 2.23 bits per heavy atom. The number of hydrogen-bond acceptors (Lipinski definition) is 5. The number of nitro benzene ring substituents is 1. The van der Waals surface area contributed by atoms with Gasteiger partial charge in [0.15, 0.2) is 0 Å². The molecule has 2 rings (SSSR count). The Morgan fingerprint density at radius 3 is 2.86 bits per heavy atom. The average Bonchev–Trinajstić information content (AvgIpc) is 2.88. The van der Waals surface area contributed by atoms with Crippen molar-refractivity contribution in [1.82, 2.24) is 4.90 Å². The van der Waals surface area contributed by atoms with Gasteiger partial charge in [0.05, 0.1) is 11.5 Å². The summed E-state index contributed by atoms with van der Waals surface area (Å²) in [4.78, 5) is 34.9. The SMILES string of the molecule is O=C(CN1CCC[C@H]1C(=O)O)Nc1ccc(Cl)cc1[N+](=O)[O-]. The molecule has 0 saturated carbocycles. The minimum Gasteiger partial charge on any atom is -0.480 e. The third kappa shape index (κ3) is 3.71. The number of nitrogens with one attached hydrogen (secondary N) is 1. The fourth-order valence-corrected chi connectivity index (χ4v) is 2.60. The van der Waals surface area contributed by atoms with Crippen LogP contribution in [0.25, 0.3) is 0 Å². The van der Waals surface area contributed by atoms with Gasteiger partial charge in [0, 0.05) is 11.1 Å². The van der Waals surface area contributed by atoms with E-state index < -0.39 is 22.8 Å². The van der Waals surface area contributed by atoms with Crippen molar-refractivity contribution in [2.45, 2.75) is 18.9 Å². The van der Waals surface area contributed by atoms with Crippen molar-refractivity contribution < 1.29 is 19.6 Å². The Bertz CT molecular complexity index is 622. The monoisotopic (exact) mass is 327 g/mol. The minimum atomic E-state index is -0.970. The number of hydrogen-bond donors (Lipinski definition) is 2. The second-order valence-electron chi connectivity index (χ2n) is 4.93. The lowest BCUT2D eigenvalue weighted by atomic mass is 10.2. The fourth-order valence-electron chi connectivity index (χ4n) is 2.43. The van der Waals surface area contributed by atoms with E-state index >= 15 is 0 Å². The maximum Gasteiger partial charge on any atom is 0.320 e. The number of nitrogens with zero attached hydrogens (tertiary/aromatic N) is 2. The molecule has 118 valence electrons. The molecule has 1 amide bonds. The molecule has 0 bridgehead atoms. The number of rotatable bonds is 5. The van der Waals surface area contributed by atoms with Crippen molar-refractivity contribution in [3.63, 3.8) is 0 Å². The van der Waals surface area contributed by atoms with Gasteiger partial charge in [-0.05, 0) is 31.5 Å². The number of halogens is 1. The van der Waals surface area contributed by atoms with Crippen LogP contribution in [0.15, 0.2) is 18.2 Å². The van der Waals surface area contributed by atoms with E-state index in [0.29, 0.717) is 19.4 Å². The highest BCUT2D eigenvalue weighted by Gasteiger charge is 2.31. The second kappa shape index (κ2) is 6.71. The van der Waals surface area contributed by atoms with Crippen LogP contribution in [0.1, 0.15) is 12.8 Å². The summed E-state index contributed by atoms with van der Waals surface area (Å²) in [6.07, 6.45) is 1.19. The largest absolute Gasteiger partial charge is 0.480 e. The number of benzene rings is 1. The van der Waals surface area contributed by atoms with Gasteiger partial charge in [-0.3, -0.25) is 24.6 Å². The van der Waals surface area contributed by atoms with Gasteiger partial charge >= 0.3 is 5.97 Å². The number of aliphatic carboxylic acids is 1. The van der Waals surface area contributed by atoms with Crippen LogP contribution >= 0.6 is 11.6 Å². The number of carbonyl (C=O) groups is 2. The highest BCUT2D eigenvalue weighted by atomic mass is 35.5. The van der Waals surface area contributed by atoms with Gasteiger partial charge in [-0.15, -0.1) is 0 Å². The van der Waals surface area contributed by atoms with Gasteiger partial charge in [0.2, 0.25) is 5.91 Å². The van der Waals surface area contributed by atoms with Gasteiger partial charge in [0.25, 0.3) is 5.69 Å². The van der Waals surface area contributed by atoms with Crippen LogP contribution in [0.2, 0.25) is 5.02 Å². The summed E-state index contributed by atoms with van der Waals surface area (Å²) < 4.78 is 0. The summed E-state index contributed by atoms with van der Waals surface area (Å²) in [6.45, 7) is 0.379. The normalized spacial score (nSPS) is 18.1. The number of carboxylic acids is 1. The van der Waals surface area contributed by atoms with E-state index in [4.69, 9.17) is 16.7 Å². The molecule has 0 aliphatic carbocycles. The van der Waals surface area contributed by atoms with Crippen molar-refractivity contribution in [2.75, 3.05) is 18.4 Å². The number of amides is 1. The summed E-state index contributed by atoms with van der Waals surface area (Å²) >= 11 is 5.70. The molecule has 22 heavy (non-hydrogen) atoms. The molecular weight excluding hydrogens is 314 g/mol. The molecule has 1 atom stereocenters. The molecule has 1 aromatic carbocycles. The summed E-state index contributed by atoms with van der Waals surface area (Å²) in [5, 5.41) is 22.6. The molecule has 2 N–H and O–H groups in total. The molecule has 1 aliphatic heterocycles.